The smallest absolute Gasteiger partial charge is 0.160 e. The first-order valence-corrected chi connectivity index (χ1v) is 6.72. The molecule has 1 saturated heterocycles. The first kappa shape index (κ1) is 12.5. The van der Waals surface area contributed by atoms with Crippen molar-refractivity contribution in [2.75, 3.05) is 31.2 Å². The topological polar surface area (TPSA) is 49.8 Å². The highest BCUT2D eigenvalue weighted by Gasteiger charge is 2.20. The summed E-state index contributed by atoms with van der Waals surface area (Å²) in [4.78, 5) is 13.7. The van der Waals surface area contributed by atoms with Gasteiger partial charge in [0.2, 0.25) is 0 Å². The molecule has 2 rings (SSSR count). The zero-order valence-electron chi connectivity index (χ0n) is 9.67. The molecule has 0 radical (unpaired) electrons. The van der Waals surface area contributed by atoms with Gasteiger partial charge >= 0.3 is 0 Å². The van der Waals surface area contributed by atoms with Gasteiger partial charge in [-0.1, -0.05) is 0 Å². The number of nitrogens with zero attached hydrogens (tertiary/aromatic N) is 1. The second-order valence-electron chi connectivity index (χ2n) is 4.11. The summed E-state index contributed by atoms with van der Waals surface area (Å²) in [6.07, 6.45) is 3.12. The number of thiophene rings is 1. The predicted octanol–water partition coefficient (Wildman–Crippen LogP) is 1.54. The zero-order valence-corrected chi connectivity index (χ0v) is 10.5. The van der Waals surface area contributed by atoms with Crippen molar-refractivity contribution in [3.8, 4) is 0 Å². The molecular weight excluding hydrogens is 238 g/mol. The molecule has 4 nitrogen and oxygen atoms in total. The summed E-state index contributed by atoms with van der Waals surface area (Å²) in [5, 5.41) is 10.7. The molecule has 17 heavy (non-hydrogen) atoms. The molecular formula is C12H17NO3S. The summed E-state index contributed by atoms with van der Waals surface area (Å²) in [6.45, 7) is 2.42. The van der Waals surface area contributed by atoms with Gasteiger partial charge in [-0.3, -0.25) is 4.79 Å². The molecule has 1 N–H and O–H groups in total. The molecule has 5 heteroatoms. The molecule has 0 amide bonds. The predicted molar refractivity (Wildman–Crippen MR) is 68.0 cm³/mol. The standard InChI is InChI=1S/C12H17NO3S/c14-5-6-16-11-1-3-13(4-2-11)10-7-12(8-15)17-9-10/h7-9,11,14H,1-6H2. The van der Waals surface area contributed by atoms with Gasteiger partial charge in [0, 0.05) is 24.2 Å². The van der Waals surface area contributed by atoms with Gasteiger partial charge in [0.1, 0.15) is 0 Å². The van der Waals surface area contributed by atoms with Crippen LogP contribution in [0.15, 0.2) is 11.4 Å². The van der Waals surface area contributed by atoms with Crippen LogP contribution in [0.25, 0.3) is 0 Å². The van der Waals surface area contributed by atoms with Crippen molar-refractivity contribution in [2.24, 2.45) is 0 Å². The quantitative estimate of drug-likeness (QED) is 0.811. The molecule has 1 aliphatic rings. The van der Waals surface area contributed by atoms with Gasteiger partial charge in [0.05, 0.1) is 24.2 Å². The average Bonchev–Trinajstić information content (AvgIpc) is 2.86. The van der Waals surface area contributed by atoms with Gasteiger partial charge in [0.15, 0.2) is 6.29 Å². The maximum atomic E-state index is 10.6. The van der Waals surface area contributed by atoms with Crippen molar-refractivity contribution < 1.29 is 14.6 Å². The Labute approximate surface area is 105 Å². The maximum absolute atomic E-state index is 10.6. The molecule has 1 fully saturated rings. The van der Waals surface area contributed by atoms with Gasteiger partial charge in [0.25, 0.3) is 0 Å². The van der Waals surface area contributed by atoms with E-state index in [1.807, 2.05) is 11.4 Å². The van der Waals surface area contributed by atoms with Crippen LogP contribution in [0.4, 0.5) is 5.69 Å². The Morgan fingerprint density at radius 2 is 2.29 bits per heavy atom. The van der Waals surface area contributed by atoms with E-state index in [-0.39, 0.29) is 12.7 Å². The summed E-state index contributed by atoms with van der Waals surface area (Å²) in [7, 11) is 0. The van der Waals surface area contributed by atoms with Gasteiger partial charge in [-0.2, -0.15) is 0 Å². The number of rotatable bonds is 5. The lowest BCUT2D eigenvalue weighted by molar-refractivity contribution is 0.0159. The zero-order chi connectivity index (χ0) is 12.1. The fraction of sp³-hybridized carbons (Fsp3) is 0.583. The van der Waals surface area contributed by atoms with E-state index in [0.29, 0.717) is 6.61 Å². The molecule has 0 aromatic carbocycles. The minimum absolute atomic E-state index is 0.0907. The largest absolute Gasteiger partial charge is 0.394 e. The first-order valence-electron chi connectivity index (χ1n) is 5.84. The van der Waals surface area contributed by atoms with Gasteiger partial charge in [-0.05, 0) is 18.9 Å². The second-order valence-corrected chi connectivity index (χ2v) is 5.05. The minimum atomic E-state index is 0.0907. The number of carbonyl (C=O) groups excluding carboxylic acids is 1. The van der Waals surface area contributed by atoms with E-state index in [2.05, 4.69) is 4.90 Å². The van der Waals surface area contributed by atoms with Crippen molar-refractivity contribution >= 4 is 23.3 Å². The van der Waals surface area contributed by atoms with Crippen molar-refractivity contribution in [3.63, 3.8) is 0 Å². The van der Waals surface area contributed by atoms with E-state index < -0.39 is 0 Å². The molecule has 2 heterocycles. The van der Waals surface area contributed by atoms with Crippen LogP contribution in [-0.4, -0.2) is 43.8 Å². The average molecular weight is 255 g/mol. The van der Waals surface area contributed by atoms with Crippen LogP contribution in [0.5, 0.6) is 0 Å². The van der Waals surface area contributed by atoms with Crippen LogP contribution in [0.1, 0.15) is 22.5 Å². The summed E-state index contributed by atoms with van der Waals surface area (Å²) < 4.78 is 5.51. The van der Waals surface area contributed by atoms with Crippen LogP contribution in [-0.2, 0) is 4.74 Å². The van der Waals surface area contributed by atoms with Crippen LogP contribution in [0.2, 0.25) is 0 Å². The van der Waals surface area contributed by atoms with Crippen molar-refractivity contribution in [1.29, 1.82) is 0 Å². The number of carbonyl (C=O) groups is 1. The van der Waals surface area contributed by atoms with Crippen molar-refractivity contribution in [3.05, 3.63) is 16.3 Å². The van der Waals surface area contributed by atoms with E-state index >= 15 is 0 Å². The lowest BCUT2D eigenvalue weighted by Crippen LogP contribution is -2.37. The third-order valence-electron chi connectivity index (χ3n) is 2.97. The number of aliphatic hydroxyl groups is 1. The number of hydrogen-bond acceptors (Lipinski definition) is 5. The van der Waals surface area contributed by atoms with Crippen molar-refractivity contribution in [2.45, 2.75) is 18.9 Å². The lowest BCUT2D eigenvalue weighted by Gasteiger charge is -2.32. The first-order chi connectivity index (χ1) is 8.33. The molecule has 1 aliphatic heterocycles. The van der Waals surface area contributed by atoms with E-state index in [9.17, 15) is 4.79 Å². The molecule has 0 unspecified atom stereocenters. The van der Waals surface area contributed by atoms with Gasteiger partial charge < -0.3 is 14.7 Å². The molecule has 0 saturated carbocycles. The number of hydrogen-bond donors (Lipinski definition) is 1. The van der Waals surface area contributed by atoms with Crippen LogP contribution in [0.3, 0.4) is 0 Å². The molecule has 0 spiro atoms. The van der Waals surface area contributed by atoms with E-state index in [0.717, 1.165) is 42.8 Å². The highest BCUT2D eigenvalue weighted by Crippen LogP contribution is 2.25. The monoisotopic (exact) mass is 255 g/mol. The number of aldehydes is 1. The van der Waals surface area contributed by atoms with Crippen LogP contribution < -0.4 is 4.90 Å². The maximum Gasteiger partial charge on any atom is 0.160 e. The molecule has 0 aliphatic carbocycles. The Bertz CT molecular complexity index is 358. The Hall–Kier alpha value is -0.910. The Morgan fingerprint density at radius 1 is 1.53 bits per heavy atom. The summed E-state index contributed by atoms with van der Waals surface area (Å²) in [6, 6.07) is 1.94. The second kappa shape index (κ2) is 6.14. The fourth-order valence-corrected chi connectivity index (χ4v) is 2.79. The molecule has 0 atom stereocenters. The molecule has 1 aromatic heterocycles. The third-order valence-corrected chi connectivity index (χ3v) is 3.82. The van der Waals surface area contributed by atoms with E-state index in [1.165, 1.54) is 11.3 Å². The van der Waals surface area contributed by atoms with Crippen LogP contribution in [0, 0.1) is 0 Å². The highest BCUT2D eigenvalue weighted by atomic mass is 32.1. The highest BCUT2D eigenvalue weighted by molar-refractivity contribution is 7.12. The van der Waals surface area contributed by atoms with E-state index in [1.54, 1.807) is 0 Å². The summed E-state index contributed by atoms with van der Waals surface area (Å²) in [5.41, 5.74) is 1.14. The fourth-order valence-electron chi connectivity index (χ4n) is 2.07. The van der Waals surface area contributed by atoms with E-state index in [4.69, 9.17) is 9.84 Å². The Morgan fingerprint density at radius 3 is 2.88 bits per heavy atom. The van der Waals surface area contributed by atoms with Gasteiger partial charge in [-0.25, -0.2) is 0 Å². The normalized spacial score (nSPS) is 17.4. The molecule has 94 valence electrons. The SMILES string of the molecule is O=Cc1cc(N2CCC(OCCO)CC2)cs1. The van der Waals surface area contributed by atoms with Gasteiger partial charge in [-0.15, -0.1) is 11.3 Å². The summed E-state index contributed by atoms with van der Waals surface area (Å²) in [5.74, 6) is 0. The Kier molecular flexibility index (Phi) is 4.53. The lowest BCUT2D eigenvalue weighted by atomic mass is 10.1. The third kappa shape index (κ3) is 3.28. The number of aliphatic hydroxyl groups excluding tert-OH is 1. The minimum Gasteiger partial charge on any atom is -0.394 e. The molecule has 0 bridgehead atoms. The summed E-state index contributed by atoms with van der Waals surface area (Å²) >= 11 is 1.48. The number of anilines is 1. The molecule has 1 aromatic rings. The van der Waals surface area contributed by atoms with Crippen molar-refractivity contribution in [1.82, 2.24) is 0 Å². The number of ether oxygens (including phenoxy) is 1. The Balaban J connectivity index is 1.84. The number of piperidine rings is 1. The van der Waals surface area contributed by atoms with Crippen LogP contribution >= 0.6 is 11.3 Å².